The van der Waals surface area contributed by atoms with Crippen molar-refractivity contribution < 1.29 is 0 Å². The van der Waals surface area contributed by atoms with E-state index >= 15 is 0 Å². The normalized spacial score (nSPS) is 10.7. The number of halogens is 2. The van der Waals surface area contributed by atoms with Gasteiger partial charge in [0.05, 0.1) is 22.7 Å². The summed E-state index contributed by atoms with van der Waals surface area (Å²) in [5.41, 5.74) is 3.34. The maximum absolute atomic E-state index is 8.98. The molecule has 0 radical (unpaired) electrons. The van der Waals surface area contributed by atoms with Crippen molar-refractivity contribution in [2.24, 2.45) is 7.05 Å². The Morgan fingerprint density at radius 3 is 2.75 bits per heavy atom. The third kappa shape index (κ3) is 2.20. The van der Waals surface area contributed by atoms with E-state index < -0.39 is 0 Å². The first kappa shape index (κ1) is 13.2. The smallest absolute Gasteiger partial charge is 0.140 e. The van der Waals surface area contributed by atoms with Crippen LogP contribution in [0.5, 0.6) is 0 Å². The summed E-state index contributed by atoms with van der Waals surface area (Å²) in [6, 6.07) is 13.3. The summed E-state index contributed by atoms with van der Waals surface area (Å²) >= 11 is 9.53. The van der Waals surface area contributed by atoms with Crippen LogP contribution in [0.15, 0.2) is 40.9 Å². The van der Waals surface area contributed by atoms with Crippen molar-refractivity contribution >= 4 is 38.6 Å². The van der Waals surface area contributed by atoms with Crippen molar-refractivity contribution in [2.45, 2.75) is 0 Å². The number of fused-ring (bicyclic) bond motifs is 1. The number of nitriles is 1. The number of imidazole rings is 1. The lowest BCUT2D eigenvalue weighted by atomic mass is 10.2. The van der Waals surface area contributed by atoms with Crippen LogP contribution in [0.4, 0.5) is 0 Å². The van der Waals surface area contributed by atoms with Gasteiger partial charge in [0.1, 0.15) is 5.82 Å². The lowest BCUT2D eigenvalue weighted by Crippen LogP contribution is -1.92. The van der Waals surface area contributed by atoms with Crippen LogP contribution in [0.25, 0.3) is 22.4 Å². The third-order valence-electron chi connectivity index (χ3n) is 3.13. The molecule has 0 fully saturated rings. The number of benzene rings is 2. The Balaban J connectivity index is 2.27. The van der Waals surface area contributed by atoms with E-state index in [2.05, 4.69) is 27.0 Å². The molecule has 0 atom stereocenters. The van der Waals surface area contributed by atoms with E-state index in [0.29, 0.717) is 10.6 Å². The van der Waals surface area contributed by atoms with Gasteiger partial charge >= 0.3 is 0 Å². The van der Waals surface area contributed by atoms with Gasteiger partial charge in [-0.3, -0.25) is 0 Å². The summed E-state index contributed by atoms with van der Waals surface area (Å²) in [4.78, 5) is 4.61. The summed E-state index contributed by atoms with van der Waals surface area (Å²) in [6.07, 6.45) is 0. The van der Waals surface area contributed by atoms with Crippen molar-refractivity contribution in [3.63, 3.8) is 0 Å². The van der Waals surface area contributed by atoms with Crippen LogP contribution in [0.2, 0.25) is 5.02 Å². The second-order valence-electron chi connectivity index (χ2n) is 4.47. The van der Waals surface area contributed by atoms with Crippen LogP contribution in [-0.4, -0.2) is 9.55 Å². The molecular formula is C15H9BrClN3. The van der Waals surface area contributed by atoms with Gasteiger partial charge in [0.2, 0.25) is 0 Å². The fourth-order valence-corrected chi connectivity index (χ4v) is 3.06. The molecule has 0 N–H and O–H groups in total. The van der Waals surface area contributed by atoms with Crippen molar-refractivity contribution in [3.8, 4) is 17.5 Å². The standard InChI is InChI=1S/C15H9BrClN3/c1-20-14-4-9(8-18)2-3-13(14)19-15(20)10-5-11(16)7-12(17)6-10/h2-7H,1H3. The van der Waals surface area contributed by atoms with Crippen LogP contribution in [0.1, 0.15) is 5.56 Å². The van der Waals surface area contributed by atoms with Crippen LogP contribution < -0.4 is 0 Å². The zero-order valence-corrected chi connectivity index (χ0v) is 12.9. The fraction of sp³-hybridized carbons (Fsp3) is 0.0667. The lowest BCUT2D eigenvalue weighted by molar-refractivity contribution is 0.959. The molecule has 0 saturated carbocycles. The molecule has 0 amide bonds. The molecule has 98 valence electrons. The lowest BCUT2D eigenvalue weighted by Gasteiger charge is -2.04. The average Bonchev–Trinajstić information content (AvgIpc) is 2.74. The Kier molecular flexibility index (Phi) is 3.25. The number of aryl methyl sites for hydroxylation is 1. The highest BCUT2D eigenvalue weighted by Gasteiger charge is 2.11. The number of nitrogens with zero attached hydrogens (tertiary/aromatic N) is 3. The molecular weight excluding hydrogens is 338 g/mol. The number of hydrogen-bond donors (Lipinski definition) is 0. The molecule has 3 nitrogen and oxygen atoms in total. The van der Waals surface area contributed by atoms with E-state index in [9.17, 15) is 0 Å². The van der Waals surface area contributed by atoms with Gasteiger partial charge in [0.25, 0.3) is 0 Å². The van der Waals surface area contributed by atoms with Crippen LogP contribution in [0.3, 0.4) is 0 Å². The van der Waals surface area contributed by atoms with Gasteiger partial charge in [0.15, 0.2) is 0 Å². The van der Waals surface area contributed by atoms with Gasteiger partial charge in [0, 0.05) is 22.1 Å². The third-order valence-corrected chi connectivity index (χ3v) is 3.81. The second kappa shape index (κ2) is 4.93. The molecule has 0 spiro atoms. The second-order valence-corrected chi connectivity index (χ2v) is 5.82. The molecule has 0 aliphatic rings. The highest BCUT2D eigenvalue weighted by molar-refractivity contribution is 9.10. The summed E-state index contributed by atoms with van der Waals surface area (Å²) in [7, 11) is 1.93. The predicted octanol–water partition coefficient (Wildman–Crippen LogP) is 4.53. The van der Waals surface area contributed by atoms with E-state index in [1.165, 1.54) is 0 Å². The van der Waals surface area contributed by atoms with E-state index in [0.717, 1.165) is 26.9 Å². The summed E-state index contributed by atoms with van der Waals surface area (Å²) in [5.74, 6) is 0.818. The number of rotatable bonds is 1. The molecule has 3 aromatic rings. The molecule has 0 bridgehead atoms. The molecule has 3 rings (SSSR count). The predicted molar refractivity (Wildman–Crippen MR) is 83.6 cm³/mol. The summed E-state index contributed by atoms with van der Waals surface area (Å²) in [5, 5.41) is 9.63. The van der Waals surface area contributed by atoms with Gasteiger partial charge in [-0.2, -0.15) is 5.26 Å². The molecule has 0 aliphatic heterocycles. The van der Waals surface area contributed by atoms with E-state index in [-0.39, 0.29) is 0 Å². The monoisotopic (exact) mass is 345 g/mol. The first-order valence-corrected chi connectivity index (χ1v) is 7.08. The molecule has 0 aliphatic carbocycles. The molecule has 0 unspecified atom stereocenters. The number of hydrogen-bond acceptors (Lipinski definition) is 2. The summed E-state index contributed by atoms with van der Waals surface area (Å²) in [6.45, 7) is 0. The van der Waals surface area contributed by atoms with E-state index in [1.54, 1.807) is 6.07 Å². The molecule has 20 heavy (non-hydrogen) atoms. The van der Waals surface area contributed by atoms with Crippen molar-refractivity contribution in [2.75, 3.05) is 0 Å². The minimum atomic E-state index is 0.624. The quantitative estimate of drug-likeness (QED) is 0.649. The van der Waals surface area contributed by atoms with Crippen molar-refractivity contribution in [1.29, 1.82) is 5.26 Å². The van der Waals surface area contributed by atoms with Gasteiger partial charge in [-0.25, -0.2) is 4.98 Å². The minimum absolute atomic E-state index is 0.624. The highest BCUT2D eigenvalue weighted by atomic mass is 79.9. The molecule has 2 aromatic carbocycles. The van der Waals surface area contributed by atoms with Gasteiger partial charge in [-0.1, -0.05) is 27.5 Å². The zero-order chi connectivity index (χ0) is 14.3. The van der Waals surface area contributed by atoms with E-state index in [1.807, 2.05) is 41.9 Å². The fourth-order valence-electron chi connectivity index (χ4n) is 2.20. The maximum atomic E-state index is 8.98. The van der Waals surface area contributed by atoms with Crippen LogP contribution in [0, 0.1) is 11.3 Å². The molecule has 1 aromatic heterocycles. The minimum Gasteiger partial charge on any atom is -0.327 e. The van der Waals surface area contributed by atoms with Gasteiger partial charge in [-0.05, 0) is 36.4 Å². The molecule has 1 heterocycles. The average molecular weight is 347 g/mol. The Bertz CT molecular complexity index is 841. The maximum Gasteiger partial charge on any atom is 0.140 e. The topological polar surface area (TPSA) is 41.6 Å². The van der Waals surface area contributed by atoms with Crippen molar-refractivity contribution in [3.05, 3.63) is 51.5 Å². The Morgan fingerprint density at radius 1 is 1.25 bits per heavy atom. The van der Waals surface area contributed by atoms with Gasteiger partial charge < -0.3 is 4.57 Å². The Labute approximate surface area is 129 Å². The van der Waals surface area contributed by atoms with Crippen LogP contribution >= 0.6 is 27.5 Å². The van der Waals surface area contributed by atoms with Crippen LogP contribution in [-0.2, 0) is 7.05 Å². The first-order chi connectivity index (χ1) is 9.58. The van der Waals surface area contributed by atoms with Gasteiger partial charge in [-0.15, -0.1) is 0 Å². The Hall–Kier alpha value is -1.83. The molecule has 0 saturated heterocycles. The largest absolute Gasteiger partial charge is 0.327 e. The number of aromatic nitrogens is 2. The van der Waals surface area contributed by atoms with E-state index in [4.69, 9.17) is 16.9 Å². The molecule has 5 heteroatoms. The Morgan fingerprint density at radius 2 is 2.05 bits per heavy atom. The SMILES string of the molecule is Cn1c(-c2cc(Cl)cc(Br)c2)nc2ccc(C#N)cc21. The summed E-state index contributed by atoms with van der Waals surface area (Å²) < 4.78 is 2.87. The van der Waals surface area contributed by atoms with Crippen molar-refractivity contribution in [1.82, 2.24) is 9.55 Å². The highest BCUT2D eigenvalue weighted by Crippen LogP contribution is 2.29. The zero-order valence-electron chi connectivity index (χ0n) is 10.6. The first-order valence-electron chi connectivity index (χ1n) is 5.91.